The van der Waals surface area contributed by atoms with Gasteiger partial charge >= 0.3 is 0 Å². The number of aromatic nitrogens is 2. The summed E-state index contributed by atoms with van der Waals surface area (Å²) in [6, 6.07) is 1.03. The molecule has 1 fully saturated rings. The van der Waals surface area contributed by atoms with Crippen LogP contribution < -0.4 is 10.9 Å². The molecule has 0 radical (unpaired) electrons. The van der Waals surface area contributed by atoms with Crippen molar-refractivity contribution in [3.05, 3.63) is 21.0 Å². The van der Waals surface area contributed by atoms with Crippen LogP contribution in [0.3, 0.4) is 0 Å². The minimum absolute atomic E-state index is 0.107. The predicted octanol–water partition coefficient (Wildman–Crippen LogP) is 1.83. The standard InChI is InChI=1S/C13H21BrN4O/c1-9(2)18-6-4-10(5-7-18)16-11-8-15-17(3)13(19)12(11)14/h8-10,16H,4-7H2,1-3H3. The van der Waals surface area contributed by atoms with Crippen LogP contribution in [0.15, 0.2) is 15.5 Å². The first kappa shape index (κ1) is 14.5. The summed E-state index contributed by atoms with van der Waals surface area (Å²) in [4.78, 5) is 14.3. The van der Waals surface area contributed by atoms with E-state index in [4.69, 9.17) is 0 Å². The van der Waals surface area contributed by atoms with Gasteiger partial charge in [0.2, 0.25) is 0 Å². The van der Waals surface area contributed by atoms with Crippen LogP contribution in [0.5, 0.6) is 0 Å². The molecular weight excluding hydrogens is 308 g/mol. The van der Waals surface area contributed by atoms with Crippen molar-refractivity contribution in [1.29, 1.82) is 0 Å². The highest BCUT2D eigenvalue weighted by Crippen LogP contribution is 2.21. The molecule has 1 aliphatic heterocycles. The lowest BCUT2D eigenvalue weighted by molar-refractivity contribution is 0.177. The monoisotopic (exact) mass is 328 g/mol. The second kappa shape index (κ2) is 6.05. The van der Waals surface area contributed by atoms with Crippen molar-refractivity contribution < 1.29 is 0 Å². The summed E-state index contributed by atoms with van der Waals surface area (Å²) in [6.45, 7) is 6.67. The average molecular weight is 329 g/mol. The number of likely N-dealkylation sites (tertiary alicyclic amines) is 1. The molecule has 0 spiro atoms. The maximum Gasteiger partial charge on any atom is 0.282 e. The highest BCUT2D eigenvalue weighted by Gasteiger charge is 2.21. The lowest BCUT2D eigenvalue weighted by Crippen LogP contribution is -2.42. The molecule has 1 N–H and O–H groups in total. The van der Waals surface area contributed by atoms with Crippen LogP contribution in [0.2, 0.25) is 0 Å². The van der Waals surface area contributed by atoms with Crippen molar-refractivity contribution in [3.8, 4) is 0 Å². The Balaban J connectivity index is 2.00. The van der Waals surface area contributed by atoms with E-state index in [1.165, 1.54) is 4.68 Å². The first-order valence-electron chi connectivity index (χ1n) is 6.71. The Labute approximate surface area is 122 Å². The highest BCUT2D eigenvalue weighted by atomic mass is 79.9. The number of nitrogens with one attached hydrogen (secondary N) is 1. The number of hydrogen-bond donors (Lipinski definition) is 1. The van der Waals surface area contributed by atoms with Gasteiger partial charge in [-0.3, -0.25) is 4.79 Å². The summed E-state index contributed by atoms with van der Waals surface area (Å²) in [5, 5.41) is 7.48. The van der Waals surface area contributed by atoms with Crippen molar-refractivity contribution in [3.63, 3.8) is 0 Å². The Bertz CT molecular complexity index is 492. The largest absolute Gasteiger partial charge is 0.380 e. The summed E-state index contributed by atoms with van der Waals surface area (Å²) in [6.07, 6.45) is 3.90. The second-order valence-electron chi connectivity index (χ2n) is 5.35. The summed E-state index contributed by atoms with van der Waals surface area (Å²) < 4.78 is 1.90. The normalized spacial score (nSPS) is 17.9. The molecular formula is C13H21BrN4O. The molecule has 2 rings (SSSR count). The van der Waals surface area contributed by atoms with Crippen LogP contribution >= 0.6 is 15.9 Å². The summed E-state index contributed by atoms with van der Waals surface area (Å²) >= 11 is 3.35. The first-order chi connectivity index (χ1) is 8.99. The third-order valence-corrected chi connectivity index (χ3v) is 4.46. The predicted molar refractivity (Wildman–Crippen MR) is 80.5 cm³/mol. The maximum atomic E-state index is 11.8. The zero-order valence-corrected chi connectivity index (χ0v) is 13.3. The molecule has 6 heteroatoms. The van der Waals surface area contributed by atoms with Crippen LogP contribution in [0.1, 0.15) is 26.7 Å². The van der Waals surface area contributed by atoms with Gasteiger partial charge in [-0.05, 0) is 42.6 Å². The molecule has 0 amide bonds. The van der Waals surface area contributed by atoms with E-state index in [1.807, 2.05) is 0 Å². The average Bonchev–Trinajstić information content (AvgIpc) is 2.40. The Kier molecular flexibility index (Phi) is 4.62. The molecule has 1 aromatic heterocycles. The minimum atomic E-state index is -0.107. The lowest BCUT2D eigenvalue weighted by atomic mass is 10.0. The Morgan fingerprint density at radius 2 is 2.05 bits per heavy atom. The summed E-state index contributed by atoms with van der Waals surface area (Å²) in [5.41, 5.74) is 0.690. The number of halogens is 1. The highest BCUT2D eigenvalue weighted by molar-refractivity contribution is 9.10. The molecule has 0 saturated carbocycles. The van der Waals surface area contributed by atoms with Crippen molar-refractivity contribution >= 4 is 21.6 Å². The first-order valence-corrected chi connectivity index (χ1v) is 7.50. The van der Waals surface area contributed by atoms with Gasteiger partial charge in [-0.2, -0.15) is 5.10 Å². The topological polar surface area (TPSA) is 50.2 Å². The van der Waals surface area contributed by atoms with E-state index in [0.717, 1.165) is 31.6 Å². The molecule has 0 unspecified atom stereocenters. The maximum absolute atomic E-state index is 11.8. The van der Waals surface area contributed by atoms with Gasteiger partial charge in [0.05, 0.1) is 11.9 Å². The van der Waals surface area contributed by atoms with E-state index in [1.54, 1.807) is 13.2 Å². The van der Waals surface area contributed by atoms with Crippen molar-refractivity contribution in [2.45, 2.75) is 38.8 Å². The van der Waals surface area contributed by atoms with Crippen LogP contribution in [0.25, 0.3) is 0 Å². The lowest BCUT2D eigenvalue weighted by Gasteiger charge is -2.35. The summed E-state index contributed by atoms with van der Waals surface area (Å²) in [7, 11) is 1.65. The van der Waals surface area contributed by atoms with Crippen molar-refractivity contribution in [2.24, 2.45) is 7.05 Å². The molecule has 5 nitrogen and oxygen atoms in total. The van der Waals surface area contributed by atoms with Gasteiger partial charge in [-0.15, -0.1) is 0 Å². The third kappa shape index (κ3) is 3.36. The van der Waals surface area contributed by atoms with Gasteiger partial charge in [0.15, 0.2) is 0 Å². The Hall–Kier alpha value is -0.880. The number of piperidine rings is 1. The second-order valence-corrected chi connectivity index (χ2v) is 6.14. The molecule has 0 atom stereocenters. The Morgan fingerprint density at radius 3 is 2.63 bits per heavy atom. The SMILES string of the molecule is CC(C)N1CCC(Nc2cnn(C)c(=O)c2Br)CC1. The molecule has 0 aromatic carbocycles. The zero-order chi connectivity index (χ0) is 14.0. The minimum Gasteiger partial charge on any atom is -0.380 e. The number of anilines is 1. The molecule has 0 aliphatic carbocycles. The summed E-state index contributed by atoms with van der Waals surface area (Å²) in [5.74, 6) is 0. The van der Waals surface area contributed by atoms with Gasteiger partial charge < -0.3 is 10.2 Å². The molecule has 2 heterocycles. The molecule has 0 bridgehead atoms. The van der Waals surface area contributed by atoms with E-state index in [-0.39, 0.29) is 5.56 Å². The van der Waals surface area contributed by atoms with Crippen molar-refractivity contribution in [1.82, 2.24) is 14.7 Å². The molecule has 19 heavy (non-hydrogen) atoms. The van der Waals surface area contributed by atoms with Gasteiger partial charge in [0.25, 0.3) is 5.56 Å². The smallest absolute Gasteiger partial charge is 0.282 e. The molecule has 1 saturated heterocycles. The van der Waals surface area contributed by atoms with E-state index >= 15 is 0 Å². The fourth-order valence-electron chi connectivity index (χ4n) is 2.39. The fraction of sp³-hybridized carbons (Fsp3) is 0.692. The van der Waals surface area contributed by atoms with E-state index < -0.39 is 0 Å². The van der Waals surface area contributed by atoms with E-state index in [9.17, 15) is 4.79 Å². The Morgan fingerprint density at radius 1 is 1.42 bits per heavy atom. The molecule has 106 valence electrons. The van der Waals surface area contributed by atoms with Crippen LogP contribution in [-0.4, -0.2) is 39.9 Å². The van der Waals surface area contributed by atoms with Crippen LogP contribution in [0.4, 0.5) is 5.69 Å². The fourth-order valence-corrected chi connectivity index (χ4v) is 2.86. The van der Waals surface area contributed by atoms with Crippen LogP contribution in [-0.2, 0) is 7.05 Å². The number of nitrogens with zero attached hydrogens (tertiary/aromatic N) is 3. The molecule has 1 aliphatic rings. The van der Waals surface area contributed by atoms with Crippen LogP contribution in [0, 0.1) is 0 Å². The molecule has 1 aromatic rings. The van der Waals surface area contributed by atoms with Gasteiger partial charge in [0.1, 0.15) is 4.47 Å². The number of aryl methyl sites for hydroxylation is 1. The quantitative estimate of drug-likeness (QED) is 0.919. The van der Waals surface area contributed by atoms with Gasteiger partial charge in [-0.25, -0.2) is 4.68 Å². The third-order valence-electron chi connectivity index (χ3n) is 3.70. The van der Waals surface area contributed by atoms with Gasteiger partial charge in [0, 0.05) is 32.2 Å². The van der Waals surface area contributed by atoms with E-state index in [2.05, 4.69) is 45.1 Å². The van der Waals surface area contributed by atoms with E-state index in [0.29, 0.717) is 16.6 Å². The van der Waals surface area contributed by atoms with Crippen molar-refractivity contribution in [2.75, 3.05) is 18.4 Å². The van der Waals surface area contributed by atoms with Gasteiger partial charge in [-0.1, -0.05) is 0 Å². The number of hydrogen-bond acceptors (Lipinski definition) is 4. The zero-order valence-electron chi connectivity index (χ0n) is 11.7. The number of rotatable bonds is 3.